The van der Waals surface area contributed by atoms with Gasteiger partial charge in [-0.25, -0.2) is 19.1 Å². The second kappa shape index (κ2) is 8.85. The molecule has 0 bridgehead atoms. The molecule has 2 heterocycles. The summed E-state index contributed by atoms with van der Waals surface area (Å²) in [4.78, 5) is 35.7. The second-order valence-corrected chi connectivity index (χ2v) is 9.30. The molecule has 1 atom stereocenters. The number of hydrogen-bond donors (Lipinski definition) is 4. The summed E-state index contributed by atoms with van der Waals surface area (Å²) in [6, 6.07) is 0. The quantitative estimate of drug-likeness (QED) is 0.328. The summed E-state index contributed by atoms with van der Waals surface area (Å²) in [5.74, 6) is 1.09. The first-order valence-corrected chi connectivity index (χ1v) is 11.7. The van der Waals surface area contributed by atoms with E-state index in [1.165, 1.54) is 11.3 Å². The van der Waals surface area contributed by atoms with E-state index in [0.29, 0.717) is 24.6 Å². The zero-order chi connectivity index (χ0) is 20.2. The van der Waals surface area contributed by atoms with Crippen molar-refractivity contribution in [3.8, 4) is 0 Å². The van der Waals surface area contributed by atoms with Crippen LogP contribution in [-0.2, 0) is 37.4 Å². The molecule has 0 amide bonds. The highest BCUT2D eigenvalue weighted by molar-refractivity contribution is 7.60. The maximum atomic E-state index is 11.4. The molecular weight excluding hydrogens is 418 g/mol. The van der Waals surface area contributed by atoms with Crippen LogP contribution in [0.2, 0.25) is 0 Å². The van der Waals surface area contributed by atoms with Crippen molar-refractivity contribution >= 4 is 32.8 Å². The molecule has 2 rings (SSSR count). The first-order valence-electron chi connectivity index (χ1n) is 7.81. The molecule has 5 N–H and O–H groups in total. The van der Waals surface area contributed by atoms with Gasteiger partial charge in [0, 0.05) is 26.0 Å². The molecule has 2 aromatic heterocycles. The lowest BCUT2D eigenvalue weighted by molar-refractivity contribution is -0.689. The molecule has 0 spiro atoms. The molecule has 27 heavy (non-hydrogen) atoms. The third-order valence-corrected chi connectivity index (χ3v) is 6.88. The van der Waals surface area contributed by atoms with Gasteiger partial charge < -0.3 is 20.4 Å². The van der Waals surface area contributed by atoms with Gasteiger partial charge in [-0.3, -0.25) is 4.52 Å². The van der Waals surface area contributed by atoms with Crippen LogP contribution >= 0.6 is 27.0 Å². The van der Waals surface area contributed by atoms with Gasteiger partial charge in [-0.1, -0.05) is 18.3 Å². The fourth-order valence-corrected chi connectivity index (χ4v) is 4.76. The van der Waals surface area contributed by atoms with Crippen molar-refractivity contribution in [2.45, 2.75) is 33.2 Å². The second-order valence-electron chi connectivity index (χ2n) is 5.53. The summed E-state index contributed by atoms with van der Waals surface area (Å²) in [5.41, 5.74) is 9.49. The van der Waals surface area contributed by atoms with Gasteiger partial charge in [0.05, 0.1) is 17.0 Å². The summed E-state index contributed by atoms with van der Waals surface area (Å²) in [6.07, 6.45) is 2.65. The Morgan fingerprint density at radius 3 is 2.63 bits per heavy atom. The Kier molecular flexibility index (Phi) is 7.23. The van der Waals surface area contributed by atoms with E-state index in [1.54, 1.807) is 6.20 Å². The van der Waals surface area contributed by atoms with Crippen LogP contribution in [0.15, 0.2) is 11.7 Å². The van der Waals surface area contributed by atoms with Crippen molar-refractivity contribution in [2.24, 2.45) is 0 Å². The molecule has 14 heteroatoms. The molecule has 0 saturated heterocycles. The van der Waals surface area contributed by atoms with Gasteiger partial charge in [0.15, 0.2) is 12.2 Å². The zero-order valence-electron chi connectivity index (χ0n) is 14.7. The van der Waals surface area contributed by atoms with Gasteiger partial charge in [-0.2, -0.15) is 8.88 Å². The number of aryl methyl sites for hydroxylation is 1. The highest BCUT2D eigenvalue weighted by atomic mass is 32.1. The van der Waals surface area contributed by atoms with E-state index in [2.05, 4.69) is 18.8 Å². The lowest BCUT2D eigenvalue weighted by Crippen LogP contribution is -2.35. The number of phosphoric acid groups is 2. The van der Waals surface area contributed by atoms with E-state index in [9.17, 15) is 14.0 Å². The van der Waals surface area contributed by atoms with Gasteiger partial charge in [-0.15, -0.1) is 0 Å². The number of aromatic nitrogens is 3. The standard InChI is InChI=1S/C13H20N4O7P2S/c1-3-12-15-6-10(13(14)16-12)7-17-8-27-11(9(17)2)4-5-23-26(21,22)24-25(18,19)20/h6,8H,3-5,7H2,1-2H3,(H4-,14,15,16,18,19,20,21,22)/p+1. The van der Waals surface area contributed by atoms with Crippen LogP contribution in [0.1, 0.15) is 28.9 Å². The van der Waals surface area contributed by atoms with Crippen molar-refractivity contribution in [1.82, 2.24) is 9.97 Å². The number of thiazole rings is 1. The van der Waals surface area contributed by atoms with Crippen molar-refractivity contribution in [1.29, 1.82) is 0 Å². The number of hydrogen-bond acceptors (Lipinski definition) is 8. The predicted octanol–water partition coefficient (Wildman–Crippen LogP) is 1.10. The molecule has 0 aliphatic heterocycles. The molecule has 2 aromatic rings. The average molecular weight is 439 g/mol. The van der Waals surface area contributed by atoms with E-state index in [-0.39, 0.29) is 13.0 Å². The highest BCUT2D eigenvalue weighted by Gasteiger charge is 2.32. The minimum atomic E-state index is -5.12. The largest absolute Gasteiger partial charge is 0.481 e. The Labute approximate surface area is 159 Å². The number of nitrogens with two attached hydrogens (primary N) is 1. The minimum Gasteiger partial charge on any atom is -0.383 e. The van der Waals surface area contributed by atoms with Gasteiger partial charge in [0.25, 0.3) is 0 Å². The summed E-state index contributed by atoms with van der Waals surface area (Å²) >= 11 is 1.41. The number of anilines is 1. The summed E-state index contributed by atoms with van der Waals surface area (Å²) < 4.78 is 32.3. The molecule has 0 saturated carbocycles. The number of nitrogens with zero attached hydrogens (tertiary/aromatic N) is 3. The van der Waals surface area contributed by atoms with E-state index >= 15 is 0 Å². The predicted molar refractivity (Wildman–Crippen MR) is 96.8 cm³/mol. The first kappa shape index (κ1) is 22.1. The van der Waals surface area contributed by atoms with Crippen LogP contribution in [-0.4, -0.2) is 31.3 Å². The summed E-state index contributed by atoms with van der Waals surface area (Å²) in [7, 11) is -9.94. The van der Waals surface area contributed by atoms with E-state index in [1.807, 2.05) is 23.9 Å². The van der Waals surface area contributed by atoms with E-state index in [0.717, 1.165) is 16.1 Å². The SMILES string of the molecule is CCc1ncc(C[n+]2csc(CCOP(=O)(O)OP(=O)(O)O)c2C)c(N)n1. The fraction of sp³-hybridized carbons (Fsp3) is 0.462. The maximum Gasteiger partial charge on any atom is 0.481 e. The Balaban J connectivity index is 1.99. The number of rotatable bonds is 9. The Morgan fingerprint density at radius 1 is 1.33 bits per heavy atom. The van der Waals surface area contributed by atoms with Crippen LogP contribution in [0.4, 0.5) is 5.82 Å². The van der Waals surface area contributed by atoms with Crippen LogP contribution in [0.3, 0.4) is 0 Å². The summed E-state index contributed by atoms with van der Waals surface area (Å²) in [6.45, 7) is 4.04. The smallest absolute Gasteiger partial charge is 0.383 e. The van der Waals surface area contributed by atoms with Crippen molar-refractivity contribution in [3.05, 3.63) is 33.7 Å². The van der Waals surface area contributed by atoms with E-state index in [4.69, 9.17) is 15.5 Å². The molecule has 0 fully saturated rings. The molecule has 11 nitrogen and oxygen atoms in total. The van der Waals surface area contributed by atoms with Crippen molar-refractivity contribution < 1.29 is 37.2 Å². The Bertz CT molecular complexity index is 901. The lowest BCUT2D eigenvalue weighted by atomic mass is 10.2. The lowest BCUT2D eigenvalue weighted by Gasteiger charge is -2.11. The van der Waals surface area contributed by atoms with Crippen molar-refractivity contribution in [3.63, 3.8) is 0 Å². The molecule has 0 aliphatic carbocycles. The van der Waals surface area contributed by atoms with Gasteiger partial charge in [0.1, 0.15) is 11.6 Å². The van der Waals surface area contributed by atoms with Crippen LogP contribution in [0, 0.1) is 6.92 Å². The van der Waals surface area contributed by atoms with Gasteiger partial charge in [0.2, 0.25) is 5.51 Å². The molecule has 0 radical (unpaired) electrons. The topological polar surface area (TPSA) is 169 Å². The molecule has 1 unspecified atom stereocenters. The van der Waals surface area contributed by atoms with Crippen LogP contribution in [0.25, 0.3) is 0 Å². The monoisotopic (exact) mass is 439 g/mol. The molecule has 150 valence electrons. The van der Waals surface area contributed by atoms with Crippen LogP contribution in [0.5, 0.6) is 0 Å². The molecule has 0 aromatic carbocycles. The van der Waals surface area contributed by atoms with E-state index < -0.39 is 15.6 Å². The van der Waals surface area contributed by atoms with Gasteiger partial charge in [-0.05, 0) is 0 Å². The molecular formula is C13H21N4O7P2S+. The van der Waals surface area contributed by atoms with Crippen molar-refractivity contribution in [2.75, 3.05) is 12.3 Å². The third kappa shape index (κ3) is 6.70. The summed E-state index contributed by atoms with van der Waals surface area (Å²) in [5, 5.41) is 0. The minimum absolute atomic E-state index is 0.244. The van der Waals surface area contributed by atoms with Gasteiger partial charge >= 0.3 is 15.6 Å². The maximum absolute atomic E-state index is 11.4. The third-order valence-electron chi connectivity index (χ3n) is 3.55. The Morgan fingerprint density at radius 2 is 2.04 bits per heavy atom. The number of phosphoric ester groups is 1. The first-order chi connectivity index (χ1) is 12.5. The average Bonchev–Trinajstić information content (AvgIpc) is 2.87. The normalized spacial score (nSPS) is 14.3. The highest BCUT2D eigenvalue weighted by Crippen LogP contribution is 2.57. The number of nitrogen functional groups attached to an aromatic ring is 1. The zero-order valence-corrected chi connectivity index (χ0v) is 17.3. The molecule has 0 aliphatic rings. The van der Waals surface area contributed by atoms with Crippen LogP contribution < -0.4 is 10.3 Å². The Hall–Kier alpha value is -1.23. The fourth-order valence-electron chi connectivity index (χ4n) is 2.19.